The predicted octanol–water partition coefficient (Wildman–Crippen LogP) is 2.46. The van der Waals surface area contributed by atoms with E-state index in [-0.39, 0.29) is 11.9 Å². The number of hydrogen-bond acceptors (Lipinski definition) is 3. The second-order valence-electron chi connectivity index (χ2n) is 4.81. The predicted molar refractivity (Wildman–Crippen MR) is 71.1 cm³/mol. The van der Waals surface area contributed by atoms with Gasteiger partial charge in [-0.05, 0) is 31.9 Å². The van der Waals surface area contributed by atoms with Gasteiger partial charge in [-0.3, -0.25) is 9.69 Å². The summed E-state index contributed by atoms with van der Waals surface area (Å²) in [5, 5.41) is 0. The van der Waals surface area contributed by atoms with E-state index in [1.807, 2.05) is 13.0 Å². The van der Waals surface area contributed by atoms with Gasteiger partial charge in [0.25, 0.3) is 0 Å². The van der Waals surface area contributed by atoms with Gasteiger partial charge in [0, 0.05) is 13.1 Å². The number of hydrogen-bond donors (Lipinski definition) is 0. The third-order valence-corrected chi connectivity index (χ3v) is 3.37. The fourth-order valence-electron chi connectivity index (χ4n) is 2.49. The van der Waals surface area contributed by atoms with Crippen LogP contribution in [0.5, 0.6) is 0 Å². The number of likely N-dealkylation sites (tertiary alicyclic amines) is 1. The van der Waals surface area contributed by atoms with Crippen LogP contribution in [0.2, 0.25) is 0 Å². The highest BCUT2D eigenvalue weighted by Gasteiger charge is 2.26. The lowest BCUT2D eigenvalue weighted by Crippen LogP contribution is -2.38. The molecule has 1 atom stereocenters. The van der Waals surface area contributed by atoms with Crippen molar-refractivity contribution in [3.8, 4) is 0 Å². The lowest BCUT2D eigenvalue weighted by molar-refractivity contribution is -0.150. The molecule has 2 rings (SSSR count). The van der Waals surface area contributed by atoms with Crippen LogP contribution < -0.4 is 0 Å². The van der Waals surface area contributed by atoms with Gasteiger partial charge in [0.15, 0.2) is 0 Å². The van der Waals surface area contributed by atoms with Gasteiger partial charge in [0.1, 0.15) is 0 Å². The summed E-state index contributed by atoms with van der Waals surface area (Å²) in [6.07, 6.45) is 2.04. The van der Waals surface area contributed by atoms with Gasteiger partial charge in [0.2, 0.25) is 0 Å². The topological polar surface area (TPSA) is 29.5 Å². The Hall–Kier alpha value is -1.35. The minimum Gasteiger partial charge on any atom is -0.466 e. The van der Waals surface area contributed by atoms with E-state index in [2.05, 4.69) is 29.2 Å². The van der Waals surface area contributed by atoms with Gasteiger partial charge < -0.3 is 4.74 Å². The lowest BCUT2D eigenvalue weighted by atomic mass is 9.98. The first-order valence-electron chi connectivity index (χ1n) is 6.72. The van der Waals surface area contributed by atoms with E-state index in [1.165, 1.54) is 5.56 Å². The second-order valence-corrected chi connectivity index (χ2v) is 4.81. The Morgan fingerprint density at radius 3 is 2.89 bits per heavy atom. The molecule has 0 bridgehead atoms. The van der Waals surface area contributed by atoms with E-state index >= 15 is 0 Å². The molecule has 1 aromatic rings. The fourth-order valence-corrected chi connectivity index (χ4v) is 2.49. The van der Waals surface area contributed by atoms with Crippen LogP contribution in [0.25, 0.3) is 0 Å². The molecule has 1 saturated heterocycles. The summed E-state index contributed by atoms with van der Waals surface area (Å²) in [6, 6.07) is 10.4. The zero-order valence-corrected chi connectivity index (χ0v) is 11.0. The molecule has 0 amide bonds. The molecule has 0 N–H and O–H groups in total. The van der Waals surface area contributed by atoms with Crippen LogP contribution in [-0.4, -0.2) is 30.6 Å². The maximum atomic E-state index is 11.7. The molecule has 3 nitrogen and oxygen atoms in total. The second kappa shape index (κ2) is 6.55. The summed E-state index contributed by atoms with van der Waals surface area (Å²) >= 11 is 0. The van der Waals surface area contributed by atoms with Crippen molar-refractivity contribution in [2.45, 2.75) is 26.3 Å². The fraction of sp³-hybridized carbons (Fsp3) is 0.533. The molecule has 3 heteroatoms. The van der Waals surface area contributed by atoms with Gasteiger partial charge in [-0.15, -0.1) is 0 Å². The number of benzene rings is 1. The Balaban J connectivity index is 1.89. The van der Waals surface area contributed by atoms with Crippen molar-refractivity contribution >= 4 is 5.97 Å². The van der Waals surface area contributed by atoms with Crippen LogP contribution in [0.4, 0.5) is 0 Å². The van der Waals surface area contributed by atoms with E-state index in [0.717, 1.165) is 32.5 Å². The van der Waals surface area contributed by atoms with Crippen molar-refractivity contribution < 1.29 is 9.53 Å². The highest BCUT2D eigenvalue weighted by Crippen LogP contribution is 2.19. The van der Waals surface area contributed by atoms with Crippen LogP contribution in [0.15, 0.2) is 30.3 Å². The molecule has 0 aliphatic carbocycles. The van der Waals surface area contributed by atoms with E-state index < -0.39 is 0 Å². The molecule has 1 heterocycles. The third-order valence-electron chi connectivity index (χ3n) is 3.37. The molecule has 1 unspecified atom stereocenters. The number of rotatable bonds is 4. The van der Waals surface area contributed by atoms with E-state index in [9.17, 15) is 4.79 Å². The van der Waals surface area contributed by atoms with Gasteiger partial charge in [-0.1, -0.05) is 30.3 Å². The highest BCUT2D eigenvalue weighted by atomic mass is 16.5. The van der Waals surface area contributed by atoms with Crippen LogP contribution in [0, 0.1) is 5.92 Å². The molecule has 0 aromatic heterocycles. The van der Waals surface area contributed by atoms with Crippen molar-refractivity contribution in [1.82, 2.24) is 4.90 Å². The van der Waals surface area contributed by atoms with Gasteiger partial charge >= 0.3 is 5.97 Å². The summed E-state index contributed by atoms with van der Waals surface area (Å²) in [7, 11) is 0. The average Bonchev–Trinajstić information content (AvgIpc) is 2.40. The maximum Gasteiger partial charge on any atom is 0.310 e. The van der Waals surface area contributed by atoms with Crippen LogP contribution in [0.1, 0.15) is 25.3 Å². The number of carbonyl (C=O) groups is 1. The van der Waals surface area contributed by atoms with Gasteiger partial charge in [-0.2, -0.15) is 0 Å². The van der Waals surface area contributed by atoms with Gasteiger partial charge in [0.05, 0.1) is 12.5 Å². The van der Waals surface area contributed by atoms with E-state index in [1.54, 1.807) is 0 Å². The minimum atomic E-state index is -0.0322. The first kappa shape index (κ1) is 13.1. The molecule has 1 aromatic carbocycles. The Bertz CT molecular complexity index is 377. The van der Waals surface area contributed by atoms with Crippen LogP contribution in [0.3, 0.4) is 0 Å². The molecule has 1 aliphatic rings. The van der Waals surface area contributed by atoms with Crippen molar-refractivity contribution in [1.29, 1.82) is 0 Å². The smallest absolute Gasteiger partial charge is 0.310 e. The molecule has 1 fully saturated rings. The Morgan fingerprint density at radius 1 is 1.39 bits per heavy atom. The summed E-state index contributed by atoms with van der Waals surface area (Å²) in [5.74, 6) is 0.0256. The molecule has 0 saturated carbocycles. The normalized spacial score (nSPS) is 20.6. The number of piperidine rings is 1. The van der Waals surface area contributed by atoms with Crippen molar-refractivity contribution in [2.24, 2.45) is 5.92 Å². The summed E-state index contributed by atoms with van der Waals surface area (Å²) < 4.78 is 5.11. The van der Waals surface area contributed by atoms with Crippen LogP contribution in [-0.2, 0) is 16.1 Å². The molecule has 98 valence electrons. The van der Waals surface area contributed by atoms with E-state index in [0.29, 0.717) is 6.61 Å². The van der Waals surface area contributed by atoms with E-state index in [4.69, 9.17) is 4.74 Å². The quantitative estimate of drug-likeness (QED) is 0.765. The Kier molecular flexibility index (Phi) is 4.76. The first-order valence-corrected chi connectivity index (χ1v) is 6.72. The molecular weight excluding hydrogens is 226 g/mol. The molecular formula is C15H21NO2. The zero-order valence-electron chi connectivity index (χ0n) is 11.0. The summed E-state index contributed by atoms with van der Waals surface area (Å²) in [6.45, 7) is 5.17. The van der Waals surface area contributed by atoms with Crippen LogP contribution >= 0.6 is 0 Å². The third kappa shape index (κ3) is 3.57. The average molecular weight is 247 g/mol. The molecule has 0 spiro atoms. The largest absolute Gasteiger partial charge is 0.466 e. The van der Waals surface area contributed by atoms with Gasteiger partial charge in [-0.25, -0.2) is 0 Å². The SMILES string of the molecule is CCOC(=O)C1CCCN(Cc2ccccc2)C1. The lowest BCUT2D eigenvalue weighted by Gasteiger charge is -2.31. The van der Waals surface area contributed by atoms with Crippen molar-refractivity contribution in [2.75, 3.05) is 19.7 Å². The number of nitrogens with zero attached hydrogens (tertiary/aromatic N) is 1. The highest BCUT2D eigenvalue weighted by molar-refractivity contribution is 5.72. The maximum absolute atomic E-state index is 11.7. The Labute approximate surface area is 109 Å². The first-order chi connectivity index (χ1) is 8.79. The summed E-state index contributed by atoms with van der Waals surface area (Å²) in [5.41, 5.74) is 1.31. The number of carbonyl (C=O) groups excluding carboxylic acids is 1. The number of ether oxygens (including phenoxy) is 1. The summed E-state index contributed by atoms with van der Waals surface area (Å²) in [4.78, 5) is 14.1. The molecule has 1 aliphatic heterocycles. The van der Waals surface area contributed by atoms with Crippen molar-refractivity contribution in [3.63, 3.8) is 0 Å². The number of esters is 1. The zero-order chi connectivity index (χ0) is 12.8. The molecule has 18 heavy (non-hydrogen) atoms. The minimum absolute atomic E-state index is 0.0322. The van der Waals surface area contributed by atoms with Crippen molar-refractivity contribution in [3.05, 3.63) is 35.9 Å². The Morgan fingerprint density at radius 2 is 2.17 bits per heavy atom. The standard InChI is InChI=1S/C15H21NO2/c1-2-18-15(17)14-9-6-10-16(12-14)11-13-7-4-3-5-8-13/h3-5,7-8,14H,2,6,9-12H2,1H3. The monoisotopic (exact) mass is 247 g/mol. The molecule has 0 radical (unpaired) electrons.